The van der Waals surface area contributed by atoms with E-state index in [1.807, 2.05) is 30.3 Å². The maximum atomic E-state index is 11.9. The standard InChI is InChI=1S/C19H21NO5S/c1-26(22,23)25-15-5-14-24-18-10-8-17(9-11-18)20-13-12-19(21)16-6-3-2-4-7-16/h2-4,6-13,20H,5,14-15H2,1H3/b13-12+. The number of allylic oxidation sites excluding steroid dienone is 1. The Balaban J connectivity index is 1.73. The van der Waals surface area contributed by atoms with E-state index in [9.17, 15) is 13.2 Å². The van der Waals surface area contributed by atoms with E-state index in [0.717, 1.165) is 11.9 Å². The number of rotatable bonds is 10. The molecule has 2 rings (SSSR count). The number of benzene rings is 2. The van der Waals surface area contributed by atoms with E-state index in [1.165, 1.54) is 6.08 Å². The first-order chi connectivity index (χ1) is 12.4. The van der Waals surface area contributed by atoms with Gasteiger partial charge in [0.25, 0.3) is 10.1 Å². The van der Waals surface area contributed by atoms with E-state index in [1.54, 1.807) is 30.5 Å². The Morgan fingerprint density at radius 3 is 2.38 bits per heavy atom. The molecule has 0 atom stereocenters. The molecule has 0 heterocycles. The number of carbonyl (C=O) groups is 1. The molecule has 6 nitrogen and oxygen atoms in total. The summed E-state index contributed by atoms with van der Waals surface area (Å²) < 4.78 is 31.8. The summed E-state index contributed by atoms with van der Waals surface area (Å²) in [7, 11) is -3.40. The van der Waals surface area contributed by atoms with E-state index in [4.69, 9.17) is 4.74 Å². The Morgan fingerprint density at radius 2 is 1.73 bits per heavy atom. The van der Waals surface area contributed by atoms with Gasteiger partial charge < -0.3 is 10.1 Å². The molecule has 0 bridgehead atoms. The fraction of sp³-hybridized carbons (Fsp3) is 0.211. The number of nitrogens with one attached hydrogen (secondary N) is 1. The first-order valence-corrected chi connectivity index (χ1v) is 9.85. The Bertz CT molecular complexity index is 830. The number of carbonyl (C=O) groups excluding carboxylic acids is 1. The zero-order valence-corrected chi connectivity index (χ0v) is 15.2. The maximum absolute atomic E-state index is 11.9. The lowest BCUT2D eigenvalue weighted by molar-refractivity contribution is 0.104. The first-order valence-electron chi connectivity index (χ1n) is 8.04. The highest BCUT2D eigenvalue weighted by Gasteiger charge is 2.01. The largest absolute Gasteiger partial charge is 0.494 e. The fourth-order valence-corrected chi connectivity index (χ4v) is 2.44. The highest BCUT2D eigenvalue weighted by atomic mass is 32.2. The van der Waals surface area contributed by atoms with Crippen LogP contribution in [-0.2, 0) is 14.3 Å². The van der Waals surface area contributed by atoms with E-state index >= 15 is 0 Å². The molecule has 26 heavy (non-hydrogen) atoms. The number of hydrogen-bond acceptors (Lipinski definition) is 6. The molecule has 138 valence electrons. The molecule has 0 aliphatic heterocycles. The van der Waals surface area contributed by atoms with Crippen LogP contribution in [0.2, 0.25) is 0 Å². The molecule has 7 heteroatoms. The minimum Gasteiger partial charge on any atom is -0.494 e. The molecular formula is C19H21NO5S. The average Bonchev–Trinajstić information content (AvgIpc) is 2.62. The molecule has 1 N–H and O–H groups in total. The first kappa shape index (κ1) is 19.7. The van der Waals surface area contributed by atoms with E-state index in [-0.39, 0.29) is 12.4 Å². The third kappa shape index (κ3) is 7.50. The van der Waals surface area contributed by atoms with Crippen molar-refractivity contribution in [2.24, 2.45) is 0 Å². The molecule has 0 radical (unpaired) electrons. The van der Waals surface area contributed by atoms with Gasteiger partial charge >= 0.3 is 0 Å². The van der Waals surface area contributed by atoms with Crippen LogP contribution in [0, 0.1) is 0 Å². The molecule has 0 unspecified atom stereocenters. The normalized spacial score (nSPS) is 11.4. The number of ketones is 1. The van der Waals surface area contributed by atoms with Crippen LogP contribution in [0.15, 0.2) is 66.9 Å². The predicted octanol–water partition coefficient (Wildman–Crippen LogP) is 3.24. The minimum absolute atomic E-state index is 0.0747. The van der Waals surface area contributed by atoms with Crippen molar-refractivity contribution in [1.82, 2.24) is 0 Å². The van der Waals surface area contributed by atoms with Gasteiger partial charge in [0.1, 0.15) is 5.75 Å². The maximum Gasteiger partial charge on any atom is 0.264 e. The summed E-state index contributed by atoms with van der Waals surface area (Å²) in [4.78, 5) is 11.9. The molecular weight excluding hydrogens is 354 g/mol. The second kappa shape index (κ2) is 9.74. The topological polar surface area (TPSA) is 81.7 Å². The summed E-state index contributed by atoms with van der Waals surface area (Å²) >= 11 is 0. The second-order valence-electron chi connectivity index (χ2n) is 5.46. The lowest BCUT2D eigenvalue weighted by Gasteiger charge is -2.07. The van der Waals surface area contributed by atoms with Crippen LogP contribution >= 0.6 is 0 Å². The average molecular weight is 375 g/mol. The second-order valence-corrected chi connectivity index (χ2v) is 7.10. The van der Waals surface area contributed by atoms with Crippen LogP contribution in [0.25, 0.3) is 0 Å². The highest BCUT2D eigenvalue weighted by Crippen LogP contribution is 2.16. The zero-order chi connectivity index (χ0) is 18.8. The molecule has 0 saturated heterocycles. The number of hydrogen-bond donors (Lipinski definition) is 1. The van der Waals surface area contributed by atoms with Crippen molar-refractivity contribution < 1.29 is 22.1 Å². The molecule has 0 aliphatic rings. The van der Waals surface area contributed by atoms with Crippen molar-refractivity contribution in [3.05, 3.63) is 72.4 Å². The van der Waals surface area contributed by atoms with Crippen LogP contribution < -0.4 is 10.1 Å². The lowest BCUT2D eigenvalue weighted by Crippen LogP contribution is -2.07. The SMILES string of the molecule is CS(=O)(=O)OCCCOc1ccc(N/C=C/C(=O)c2ccccc2)cc1. The summed E-state index contributed by atoms with van der Waals surface area (Å²) in [5.41, 5.74) is 1.45. The van der Waals surface area contributed by atoms with Gasteiger partial charge in [0.15, 0.2) is 5.78 Å². The predicted molar refractivity (Wildman–Crippen MR) is 101 cm³/mol. The fourth-order valence-electron chi connectivity index (χ4n) is 2.02. The Kier molecular flexibility index (Phi) is 7.37. The van der Waals surface area contributed by atoms with Crippen molar-refractivity contribution in [3.63, 3.8) is 0 Å². The van der Waals surface area contributed by atoms with Crippen LogP contribution in [0.5, 0.6) is 5.75 Å². The zero-order valence-electron chi connectivity index (χ0n) is 14.4. The molecule has 0 saturated carbocycles. The summed E-state index contributed by atoms with van der Waals surface area (Å²) in [6.45, 7) is 0.451. The molecule has 0 fully saturated rings. The van der Waals surface area contributed by atoms with Crippen LogP contribution in [0.4, 0.5) is 5.69 Å². The number of anilines is 1. The van der Waals surface area contributed by atoms with Gasteiger partial charge in [0, 0.05) is 29.9 Å². The van der Waals surface area contributed by atoms with E-state index < -0.39 is 10.1 Å². The van der Waals surface area contributed by atoms with Crippen molar-refractivity contribution in [3.8, 4) is 5.75 Å². The number of ether oxygens (including phenoxy) is 1. The van der Waals surface area contributed by atoms with Gasteiger partial charge in [0.2, 0.25) is 0 Å². The van der Waals surface area contributed by atoms with E-state index in [2.05, 4.69) is 9.50 Å². The summed E-state index contributed by atoms with van der Waals surface area (Å²) in [5, 5.41) is 3.02. The highest BCUT2D eigenvalue weighted by molar-refractivity contribution is 7.85. The van der Waals surface area contributed by atoms with Gasteiger partial charge in [0.05, 0.1) is 19.5 Å². The van der Waals surface area contributed by atoms with Crippen LogP contribution in [0.3, 0.4) is 0 Å². The summed E-state index contributed by atoms with van der Waals surface area (Å²) in [5.74, 6) is 0.591. The van der Waals surface area contributed by atoms with Gasteiger partial charge in [-0.05, 0) is 24.3 Å². The van der Waals surface area contributed by atoms with E-state index in [0.29, 0.717) is 24.3 Å². The van der Waals surface area contributed by atoms with Crippen molar-refractivity contribution >= 4 is 21.6 Å². The lowest BCUT2D eigenvalue weighted by atomic mass is 10.1. The molecule has 0 amide bonds. The van der Waals surface area contributed by atoms with Crippen LogP contribution in [-0.4, -0.2) is 33.7 Å². The smallest absolute Gasteiger partial charge is 0.264 e. The summed E-state index contributed by atoms with van der Waals surface area (Å²) in [6, 6.07) is 16.2. The third-order valence-corrected chi connectivity index (χ3v) is 3.85. The molecule has 0 aromatic heterocycles. The van der Waals surface area contributed by atoms with Gasteiger partial charge in [-0.15, -0.1) is 0 Å². The Morgan fingerprint density at radius 1 is 1.04 bits per heavy atom. The van der Waals surface area contributed by atoms with Crippen LogP contribution in [0.1, 0.15) is 16.8 Å². The Labute approximate surface area is 153 Å². The monoisotopic (exact) mass is 375 g/mol. The van der Waals surface area contributed by atoms with Gasteiger partial charge in [-0.25, -0.2) is 0 Å². The molecule has 2 aromatic carbocycles. The van der Waals surface area contributed by atoms with Crippen molar-refractivity contribution in [2.45, 2.75) is 6.42 Å². The molecule has 2 aromatic rings. The van der Waals surface area contributed by atoms with Gasteiger partial charge in [-0.3, -0.25) is 8.98 Å². The third-order valence-electron chi connectivity index (χ3n) is 3.25. The van der Waals surface area contributed by atoms with Crippen molar-refractivity contribution in [1.29, 1.82) is 0 Å². The van der Waals surface area contributed by atoms with Crippen molar-refractivity contribution in [2.75, 3.05) is 24.8 Å². The minimum atomic E-state index is -3.40. The quantitative estimate of drug-likeness (QED) is 0.297. The van der Waals surface area contributed by atoms with Gasteiger partial charge in [-0.2, -0.15) is 8.42 Å². The van der Waals surface area contributed by atoms with Gasteiger partial charge in [-0.1, -0.05) is 30.3 Å². The Hall–Kier alpha value is -2.64. The molecule has 0 spiro atoms. The summed E-state index contributed by atoms with van der Waals surface area (Å²) in [6.07, 6.45) is 4.55. The molecule has 0 aliphatic carbocycles.